The first-order chi connectivity index (χ1) is 4.25. The predicted octanol–water partition coefficient (Wildman–Crippen LogP) is 1.51. The number of carboxylic acids is 1. The van der Waals surface area contributed by atoms with Gasteiger partial charge in [-0.1, -0.05) is 6.92 Å². The fraction of sp³-hybridized carbons (Fsp3) is 0.857. The minimum Gasteiger partial charge on any atom is -0.481 e. The normalized spacial score (nSPS) is 21.4. The number of carbonyl (C=O) groups is 1. The molecule has 1 aliphatic rings. The van der Waals surface area contributed by atoms with E-state index in [2.05, 4.69) is 0 Å². The maximum atomic E-state index is 10.4. The third-order valence-corrected chi connectivity index (χ3v) is 1.95. The van der Waals surface area contributed by atoms with Gasteiger partial charge < -0.3 is 5.11 Å². The zero-order chi connectivity index (χ0) is 6.85. The molecule has 1 atom stereocenters. The second-order valence-corrected chi connectivity index (χ2v) is 2.69. The summed E-state index contributed by atoms with van der Waals surface area (Å²) >= 11 is 0. The van der Waals surface area contributed by atoms with Crippen molar-refractivity contribution in [3.8, 4) is 0 Å². The van der Waals surface area contributed by atoms with Crippen LogP contribution in [0.1, 0.15) is 26.2 Å². The van der Waals surface area contributed by atoms with Gasteiger partial charge in [-0.25, -0.2) is 0 Å². The Hall–Kier alpha value is -0.530. The van der Waals surface area contributed by atoms with Crippen molar-refractivity contribution in [1.29, 1.82) is 0 Å². The van der Waals surface area contributed by atoms with E-state index in [1.165, 1.54) is 0 Å². The molecule has 0 unspecified atom stereocenters. The smallest absolute Gasteiger partial charge is 0.306 e. The second kappa shape index (κ2) is 2.38. The first-order valence-corrected chi connectivity index (χ1v) is 3.48. The monoisotopic (exact) mass is 128 g/mol. The lowest BCUT2D eigenvalue weighted by Crippen LogP contribution is -2.14. The Morgan fingerprint density at radius 3 is 2.44 bits per heavy atom. The van der Waals surface area contributed by atoms with Crippen molar-refractivity contribution in [3.05, 3.63) is 0 Å². The van der Waals surface area contributed by atoms with Crippen LogP contribution in [0, 0.1) is 11.8 Å². The van der Waals surface area contributed by atoms with Crippen LogP contribution in [0.3, 0.4) is 0 Å². The van der Waals surface area contributed by atoms with Crippen molar-refractivity contribution >= 4 is 5.97 Å². The fourth-order valence-electron chi connectivity index (χ4n) is 1.21. The Bertz CT molecular complexity index is 116. The van der Waals surface area contributed by atoms with E-state index in [-0.39, 0.29) is 5.92 Å². The molecule has 1 aliphatic carbocycles. The molecule has 1 N–H and O–H groups in total. The summed E-state index contributed by atoms with van der Waals surface area (Å²) < 4.78 is 0. The molecule has 0 aliphatic heterocycles. The topological polar surface area (TPSA) is 37.3 Å². The van der Waals surface area contributed by atoms with Crippen molar-refractivity contribution in [3.63, 3.8) is 0 Å². The standard InChI is InChI=1S/C7H12O2/c1-2-6(7(8)9)5-3-4-5/h5-6H,2-4H2,1H3,(H,8,9)/t6-/m0/s1. The van der Waals surface area contributed by atoms with Crippen LogP contribution in [-0.4, -0.2) is 11.1 Å². The molecule has 1 fully saturated rings. The van der Waals surface area contributed by atoms with Gasteiger partial charge in [-0.05, 0) is 25.2 Å². The van der Waals surface area contributed by atoms with Crippen LogP contribution >= 0.6 is 0 Å². The SMILES string of the molecule is CC[C@H](C(=O)O)C1CC1. The van der Waals surface area contributed by atoms with Gasteiger partial charge in [-0.15, -0.1) is 0 Å². The van der Waals surface area contributed by atoms with Crippen molar-refractivity contribution in [2.45, 2.75) is 26.2 Å². The third-order valence-electron chi connectivity index (χ3n) is 1.95. The van der Waals surface area contributed by atoms with Gasteiger partial charge in [-0.3, -0.25) is 4.79 Å². The number of hydrogen-bond acceptors (Lipinski definition) is 1. The highest BCUT2D eigenvalue weighted by molar-refractivity contribution is 5.70. The minimum atomic E-state index is -0.611. The van der Waals surface area contributed by atoms with Gasteiger partial charge in [0.1, 0.15) is 0 Å². The Morgan fingerprint density at radius 2 is 2.33 bits per heavy atom. The van der Waals surface area contributed by atoms with E-state index in [0.717, 1.165) is 19.3 Å². The molecule has 52 valence electrons. The van der Waals surface area contributed by atoms with Crippen LogP contribution in [0.15, 0.2) is 0 Å². The van der Waals surface area contributed by atoms with E-state index < -0.39 is 5.97 Å². The van der Waals surface area contributed by atoms with Gasteiger partial charge in [0.25, 0.3) is 0 Å². The molecular weight excluding hydrogens is 116 g/mol. The molecule has 0 amide bonds. The minimum absolute atomic E-state index is 0.0509. The van der Waals surface area contributed by atoms with Crippen LogP contribution in [-0.2, 0) is 4.79 Å². The second-order valence-electron chi connectivity index (χ2n) is 2.69. The van der Waals surface area contributed by atoms with Crippen molar-refractivity contribution in [2.75, 3.05) is 0 Å². The lowest BCUT2D eigenvalue weighted by Gasteiger charge is -2.04. The summed E-state index contributed by atoms with van der Waals surface area (Å²) in [5.41, 5.74) is 0. The Balaban J connectivity index is 2.37. The molecule has 2 heteroatoms. The zero-order valence-corrected chi connectivity index (χ0v) is 5.63. The number of carboxylic acid groups (broad SMARTS) is 1. The lowest BCUT2D eigenvalue weighted by atomic mass is 10.0. The van der Waals surface area contributed by atoms with Crippen molar-refractivity contribution in [2.24, 2.45) is 11.8 Å². The molecule has 0 saturated heterocycles. The molecule has 0 aromatic heterocycles. The van der Waals surface area contributed by atoms with E-state index in [1.807, 2.05) is 6.92 Å². The highest BCUT2D eigenvalue weighted by Crippen LogP contribution is 2.38. The highest BCUT2D eigenvalue weighted by atomic mass is 16.4. The third kappa shape index (κ3) is 1.44. The van der Waals surface area contributed by atoms with Gasteiger partial charge >= 0.3 is 5.97 Å². The molecule has 0 aromatic carbocycles. The molecular formula is C7H12O2. The summed E-state index contributed by atoms with van der Waals surface area (Å²) in [4.78, 5) is 10.4. The van der Waals surface area contributed by atoms with Gasteiger partial charge in [0.05, 0.1) is 5.92 Å². The van der Waals surface area contributed by atoms with Crippen LogP contribution in [0.5, 0.6) is 0 Å². The Labute approximate surface area is 54.9 Å². The van der Waals surface area contributed by atoms with Crippen LogP contribution in [0.4, 0.5) is 0 Å². The van der Waals surface area contributed by atoms with Crippen LogP contribution < -0.4 is 0 Å². The first-order valence-electron chi connectivity index (χ1n) is 3.48. The first kappa shape index (κ1) is 6.59. The fourth-order valence-corrected chi connectivity index (χ4v) is 1.21. The largest absolute Gasteiger partial charge is 0.481 e. The zero-order valence-electron chi connectivity index (χ0n) is 5.63. The van der Waals surface area contributed by atoms with E-state index in [9.17, 15) is 4.79 Å². The number of hydrogen-bond donors (Lipinski definition) is 1. The average molecular weight is 128 g/mol. The molecule has 0 radical (unpaired) electrons. The summed E-state index contributed by atoms with van der Waals surface area (Å²) in [6.45, 7) is 1.94. The molecule has 0 bridgehead atoms. The summed E-state index contributed by atoms with van der Waals surface area (Å²) in [5, 5.41) is 8.58. The van der Waals surface area contributed by atoms with E-state index in [4.69, 9.17) is 5.11 Å². The Morgan fingerprint density at radius 1 is 1.78 bits per heavy atom. The maximum absolute atomic E-state index is 10.4. The van der Waals surface area contributed by atoms with E-state index in [0.29, 0.717) is 5.92 Å². The average Bonchev–Trinajstić information content (AvgIpc) is 2.50. The number of aliphatic carboxylic acids is 1. The van der Waals surface area contributed by atoms with Crippen LogP contribution in [0.2, 0.25) is 0 Å². The van der Waals surface area contributed by atoms with Gasteiger partial charge in [0, 0.05) is 0 Å². The summed E-state index contributed by atoms with van der Waals surface area (Å²) in [5.74, 6) is -0.155. The maximum Gasteiger partial charge on any atom is 0.306 e. The predicted molar refractivity (Wildman–Crippen MR) is 34.1 cm³/mol. The van der Waals surface area contributed by atoms with Gasteiger partial charge in [0.2, 0.25) is 0 Å². The summed E-state index contributed by atoms with van der Waals surface area (Å²) in [6, 6.07) is 0. The quantitative estimate of drug-likeness (QED) is 0.625. The molecule has 2 nitrogen and oxygen atoms in total. The van der Waals surface area contributed by atoms with Crippen molar-refractivity contribution in [1.82, 2.24) is 0 Å². The van der Waals surface area contributed by atoms with E-state index in [1.54, 1.807) is 0 Å². The molecule has 1 rings (SSSR count). The molecule has 0 spiro atoms. The van der Waals surface area contributed by atoms with Gasteiger partial charge in [-0.2, -0.15) is 0 Å². The molecule has 0 aromatic rings. The molecule has 9 heavy (non-hydrogen) atoms. The van der Waals surface area contributed by atoms with Gasteiger partial charge in [0.15, 0.2) is 0 Å². The Kier molecular flexibility index (Phi) is 1.74. The van der Waals surface area contributed by atoms with Crippen LogP contribution in [0.25, 0.3) is 0 Å². The molecule has 1 saturated carbocycles. The highest BCUT2D eigenvalue weighted by Gasteiger charge is 2.34. The van der Waals surface area contributed by atoms with Crippen molar-refractivity contribution < 1.29 is 9.90 Å². The summed E-state index contributed by atoms with van der Waals surface area (Å²) in [7, 11) is 0. The van der Waals surface area contributed by atoms with E-state index >= 15 is 0 Å². The summed E-state index contributed by atoms with van der Waals surface area (Å²) in [6.07, 6.45) is 3.05. The molecule has 0 heterocycles. The lowest BCUT2D eigenvalue weighted by molar-refractivity contribution is -0.142. The number of rotatable bonds is 3.